The van der Waals surface area contributed by atoms with Gasteiger partial charge >= 0.3 is 0 Å². The standard InChI is InChI=1S/C6H9N3O3/c1-6(2,11)4-3(5(7)10)8-12-9-4/h11H,1-2H3,(H2,7,10). The lowest BCUT2D eigenvalue weighted by Gasteiger charge is -2.12. The van der Waals surface area contributed by atoms with E-state index in [9.17, 15) is 9.90 Å². The molecule has 66 valence electrons. The Morgan fingerprint density at radius 2 is 2.17 bits per heavy atom. The quantitative estimate of drug-likeness (QED) is 0.618. The minimum absolute atomic E-state index is 0.0509. The van der Waals surface area contributed by atoms with E-state index >= 15 is 0 Å². The van der Waals surface area contributed by atoms with Crippen LogP contribution in [-0.4, -0.2) is 21.3 Å². The lowest BCUT2D eigenvalue weighted by Crippen LogP contribution is -2.23. The van der Waals surface area contributed by atoms with Gasteiger partial charge in [-0.3, -0.25) is 4.79 Å². The second-order valence-electron chi connectivity index (χ2n) is 2.88. The summed E-state index contributed by atoms with van der Waals surface area (Å²) in [6.07, 6.45) is 0. The summed E-state index contributed by atoms with van der Waals surface area (Å²) in [5.74, 6) is -0.770. The van der Waals surface area contributed by atoms with Gasteiger partial charge in [0.2, 0.25) is 0 Å². The molecular weight excluding hydrogens is 162 g/mol. The number of hydrogen-bond acceptors (Lipinski definition) is 5. The zero-order chi connectivity index (χ0) is 9.35. The number of carbonyl (C=O) groups is 1. The summed E-state index contributed by atoms with van der Waals surface area (Å²) in [5, 5.41) is 16.1. The van der Waals surface area contributed by atoms with Crippen molar-refractivity contribution in [1.29, 1.82) is 0 Å². The minimum Gasteiger partial charge on any atom is -0.384 e. The van der Waals surface area contributed by atoms with Crippen molar-refractivity contribution in [1.82, 2.24) is 10.3 Å². The van der Waals surface area contributed by atoms with E-state index in [2.05, 4.69) is 14.9 Å². The summed E-state index contributed by atoms with van der Waals surface area (Å²) in [6, 6.07) is 0. The molecule has 3 N–H and O–H groups in total. The fourth-order valence-corrected chi connectivity index (χ4v) is 0.752. The first-order chi connectivity index (χ1) is 5.43. The van der Waals surface area contributed by atoms with Gasteiger partial charge in [0.15, 0.2) is 5.69 Å². The first-order valence-corrected chi connectivity index (χ1v) is 3.28. The highest BCUT2D eigenvalue weighted by Crippen LogP contribution is 2.19. The van der Waals surface area contributed by atoms with Gasteiger partial charge in [-0.25, -0.2) is 4.63 Å². The van der Waals surface area contributed by atoms with Gasteiger partial charge in [-0.05, 0) is 19.0 Å². The number of nitrogens with two attached hydrogens (primary N) is 1. The maximum absolute atomic E-state index is 10.7. The van der Waals surface area contributed by atoms with Crippen LogP contribution < -0.4 is 5.73 Å². The number of primary amides is 1. The fraction of sp³-hybridized carbons (Fsp3) is 0.500. The molecule has 0 aliphatic rings. The Morgan fingerprint density at radius 1 is 1.58 bits per heavy atom. The van der Waals surface area contributed by atoms with Gasteiger partial charge in [0.25, 0.3) is 5.91 Å². The molecule has 6 heteroatoms. The summed E-state index contributed by atoms with van der Waals surface area (Å²) in [4.78, 5) is 10.7. The van der Waals surface area contributed by atoms with Gasteiger partial charge in [-0.1, -0.05) is 5.16 Å². The molecular formula is C6H9N3O3. The lowest BCUT2D eigenvalue weighted by molar-refractivity contribution is 0.0678. The van der Waals surface area contributed by atoms with E-state index in [-0.39, 0.29) is 11.4 Å². The first-order valence-electron chi connectivity index (χ1n) is 3.28. The van der Waals surface area contributed by atoms with Crippen LogP contribution in [0.5, 0.6) is 0 Å². The number of carbonyl (C=O) groups excluding carboxylic acids is 1. The zero-order valence-electron chi connectivity index (χ0n) is 6.74. The van der Waals surface area contributed by atoms with Crippen LogP contribution in [0.1, 0.15) is 30.0 Å². The number of nitrogens with zero attached hydrogens (tertiary/aromatic N) is 2. The predicted octanol–water partition coefficient (Wildman–Crippen LogP) is -0.604. The Balaban J connectivity index is 3.17. The number of rotatable bonds is 2. The molecule has 0 unspecified atom stereocenters. The first kappa shape index (κ1) is 8.66. The van der Waals surface area contributed by atoms with E-state index < -0.39 is 11.5 Å². The van der Waals surface area contributed by atoms with Crippen molar-refractivity contribution in [2.45, 2.75) is 19.4 Å². The third-order valence-corrected chi connectivity index (χ3v) is 1.30. The van der Waals surface area contributed by atoms with E-state index in [1.807, 2.05) is 0 Å². The third kappa shape index (κ3) is 1.42. The van der Waals surface area contributed by atoms with Crippen molar-refractivity contribution in [3.8, 4) is 0 Å². The maximum atomic E-state index is 10.7. The topological polar surface area (TPSA) is 102 Å². The fourth-order valence-electron chi connectivity index (χ4n) is 0.752. The lowest BCUT2D eigenvalue weighted by atomic mass is 10.0. The van der Waals surface area contributed by atoms with Crippen molar-refractivity contribution in [3.05, 3.63) is 11.4 Å². The molecule has 0 radical (unpaired) electrons. The Hall–Kier alpha value is -1.43. The van der Waals surface area contributed by atoms with Crippen LogP contribution in [0.3, 0.4) is 0 Å². The molecule has 1 amide bonds. The Kier molecular flexibility index (Phi) is 1.85. The maximum Gasteiger partial charge on any atom is 0.273 e. The van der Waals surface area contributed by atoms with E-state index in [1.165, 1.54) is 13.8 Å². The van der Waals surface area contributed by atoms with Gasteiger partial charge in [-0.15, -0.1) is 0 Å². The molecule has 0 atom stereocenters. The van der Waals surface area contributed by atoms with Crippen LogP contribution in [0, 0.1) is 0 Å². The average Bonchev–Trinajstić information content (AvgIpc) is 2.30. The molecule has 0 fully saturated rings. The van der Waals surface area contributed by atoms with Gasteiger partial charge in [0.05, 0.1) is 0 Å². The molecule has 1 rings (SSSR count). The smallest absolute Gasteiger partial charge is 0.273 e. The Morgan fingerprint density at radius 3 is 2.50 bits per heavy atom. The molecule has 0 saturated heterocycles. The van der Waals surface area contributed by atoms with Crippen molar-refractivity contribution in [3.63, 3.8) is 0 Å². The van der Waals surface area contributed by atoms with E-state index in [1.54, 1.807) is 0 Å². The van der Waals surface area contributed by atoms with Crippen LogP contribution in [0.25, 0.3) is 0 Å². The van der Waals surface area contributed by atoms with Crippen LogP contribution in [-0.2, 0) is 5.60 Å². The van der Waals surface area contributed by atoms with Crippen LogP contribution in [0.2, 0.25) is 0 Å². The highest BCUT2D eigenvalue weighted by molar-refractivity contribution is 5.91. The van der Waals surface area contributed by atoms with Gasteiger partial charge < -0.3 is 10.8 Å². The monoisotopic (exact) mass is 171 g/mol. The summed E-state index contributed by atoms with van der Waals surface area (Å²) >= 11 is 0. The van der Waals surface area contributed by atoms with Gasteiger partial charge in [-0.2, -0.15) is 0 Å². The molecule has 6 nitrogen and oxygen atoms in total. The number of hydrogen-bond donors (Lipinski definition) is 2. The molecule has 0 aromatic carbocycles. The molecule has 0 aliphatic carbocycles. The van der Waals surface area contributed by atoms with Crippen molar-refractivity contribution in [2.24, 2.45) is 5.73 Å². The predicted molar refractivity (Wildman–Crippen MR) is 38.1 cm³/mol. The molecule has 12 heavy (non-hydrogen) atoms. The number of aromatic nitrogens is 2. The second kappa shape index (κ2) is 2.56. The normalized spacial score (nSPS) is 11.6. The largest absolute Gasteiger partial charge is 0.384 e. The number of aliphatic hydroxyl groups is 1. The second-order valence-corrected chi connectivity index (χ2v) is 2.88. The summed E-state index contributed by atoms with van der Waals surface area (Å²) in [7, 11) is 0. The molecule has 0 spiro atoms. The van der Waals surface area contributed by atoms with Crippen molar-refractivity contribution < 1.29 is 14.5 Å². The zero-order valence-corrected chi connectivity index (χ0v) is 6.74. The summed E-state index contributed by atoms with van der Waals surface area (Å²) in [6.45, 7) is 2.91. The average molecular weight is 171 g/mol. The van der Waals surface area contributed by atoms with Crippen LogP contribution in [0.15, 0.2) is 4.63 Å². The summed E-state index contributed by atoms with van der Waals surface area (Å²) < 4.78 is 4.27. The van der Waals surface area contributed by atoms with E-state index in [0.717, 1.165) is 0 Å². The molecule has 0 bridgehead atoms. The Bertz CT molecular complexity index is 299. The summed E-state index contributed by atoms with van der Waals surface area (Å²) in [5.41, 5.74) is 3.58. The van der Waals surface area contributed by atoms with Crippen LogP contribution in [0.4, 0.5) is 0 Å². The molecule has 1 heterocycles. The number of amides is 1. The van der Waals surface area contributed by atoms with Gasteiger partial charge in [0.1, 0.15) is 11.3 Å². The molecule has 1 aromatic rings. The van der Waals surface area contributed by atoms with E-state index in [4.69, 9.17) is 5.73 Å². The molecule has 0 saturated carbocycles. The SMILES string of the molecule is CC(C)(O)c1nonc1C(N)=O. The highest BCUT2D eigenvalue weighted by Gasteiger charge is 2.28. The minimum atomic E-state index is -1.27. The van der Waals surface area contributed by atoms with E-state index in [0.29, 0.717) is 0 Å². The third-order valence-electron chi connectivity index (χ3n) is 1.30. The molecule has 1 aromatic heterocycles. The Labute approximate surface area is 68.3 Å². The van der Waals surface area contributed by atoms with Gasteiger partial charge in [0, 0.05) is 0 Å². The highest BCUT2D eigenvalue weighted by atomic mass is 16.6. The van der Waals surface area contributed by atoms with Crippen molar-refractivity contribution in [2.75, 3.05) is 0 Å². The molecule has 0 aliphatic heterocycles. The van der Waals surface area contributed by atoms with Crippen molar-refractivity contribution >= 4 is 5.91 Å². The van der Waals surface area contributed by atoms with Crippen LogP contribution >= 0.6 is 0 Å².